The number of rotatable bonds is 7. The molecular weight excluding hydrogens is 356 g/mol. The third kappa shape index (κ3) is 5.89. The largest absolute Gasteiger partial charge is 0.484 e. The van der Waals surface area contributed by atoms with Crippen LogP contribution in [0.25, 0.3) is 0 Å². The molecule has 26 heavy (non-hydrogen) atoms. The zero-order valence-electron chi connectivity index (χ0n) is 14.3. The summed E-state index contributed by atoms with van der Waals surface area (Å²) in [6, 6.07) is 12.5. The van der Waals surface area contributed by atoms with Gasteiger partial charge in [0.1, 0.15) is 5.75 Å². The van der Waals surface area contributed by atoms with E-state index in [0.717, 1.165) is 6.42 Å². The summed E-state index contributed by atoms with van der Waals surface area (Å²) in [6.45, 7) is 2.10. The molecular formula is C19H19ClN2O4. The molecule has 136 valence electrons. The van der Waals surface area contributed by atoms with Gasteiger partial charge in [-0.05, 0) is 55.0 Å². The summed E-state index contributed by atoms with van der Waals surface area (Å²) in [5.74, 6) is -0.278. The molecule has 0 saturated carbocycles. The lowest BCUT2D eigenvalue weighted by Crippen LogP contribution is -2.41. The van der Waals surface area contributed by atoms with Crippen LogP contribution in [0.2, 0.25) is 5.02 Å². The first-order chi connectivity index (χ1) is 12.5. The smallest absolute Gasteiger partial charge is 0.321 e. The molecule has 2 aromatic carbocycles. The molecule has 6 nitrogen and oxygen atoms in total. The van der Waals surface area contributed by atoms with Gasteiger partial charge in [0.15, 0.2) is 12.4 Å². The minimum Gasteiger partial charge on any atom is -0.484 e. The Morgan fingerprint density at radius 1 is 0.962 bits per heavy atom. The Morgan fingerprint density at radius 2 is 1.54 bits per heavy atom. The van der Waals surface area contributed by atoms with Gasteiger partial charge in [0, 0.05) is 22.7 Å². The number of amides is 3. The lowest BCUT2D eigenvalue weighted by molar-refractivity contribution is -0.122. The van der Waals surface area contributed by atoms with Crippen molar-refractivity contribution in [3.63, 3.8) is 0 Å². The lowest BCUT2D eigenvalue weighted by atomic mass is 10.0. The van der Waals surface area contributed by atoms with Crippen LogP contribution in [-0.2, 0) is 4.79 Å². The second-order valence-corrected chi connectivity index (χ2v) is 5.89. The predicted molar refractivity (Wildman–Crippen MR) is 98.7 cm³/mol. The third-order valence-corrected chi connectivity index (χ3v) is 3.63. The van der Waals surface area contributed by atoms with Crippen molar-refractivity contribution in [3.8, 4) is 5.75 Å². The van der Waals surface area contributed by atoms with Gasteiger partial charge in [0.05, 0.1) is 0 Å². The summed E-state index contributed by atoms with van der Waals surface area (Å²) < 4.78 is 5.31. The molecule has 7 heteroatoms. The number of urea groups is 1. The van der Waals surface area contributed by atoms with Crippen molar-refractivity contribution in [3.05, 3.63) is 64.7 Å². The number of nitrogens with one attached hydrogen (secondary N) is 2. The fourth-order valence-electron chi connectivity index (χ4n) is 2.06. The number of hydrogen-bond acceptors (Lipinski definition) is 4. The van der Waals surface area contributed by atoms with Gasteiger partial charge in [0.2, 0.25) is 0 Å². The minimum atomic E-state index is -0.556. The predicted octanol–water partition coefficient (Wildman–Crippen LogP) is 3.19. The quantitative estimate of drug-likeness (QED) is 0.729. The van der Waals surface area contributed by atoms with Crippen molar-refractivity contribution in [2.24, 2.45) is 0 Å². The highest BCUT2D eigenvalue weighted by atomic mass is 35.5. The molecule has 0 aliphatic carbocycles. The number of carbonyl (C=O) groups is 3. The summed E-state index contributed by atoms with van der Waals surface area (Å²) in [7, 11) is 0. The van der Waals surface area contributed by atoms with Crippen LogP contribution in [0.3, 0.4) is 0 Å². The second kappa shape index (κ2) is 9.58. The van der Waals surface area contributed by atoms with Gasteiger partial charge in [-0.2, -0.15) is 0 Å². The fraction of sp³-hybridized carbons (Fsp3) is 0.211. The SMILES string of the molecule is CCCNC(=O)NC(=O)COc1ccc(C(=O)c2ccc(Cl)cc2)cc1. The molecule has 0 unspecified atom stereocenters. The first-order valence-electron chi connectivity index (χ1n) is 8.10. The molecule has 3 amide bonds. The number of hydrogen-bond donors (Lipinski definition) is 2. The molecule has 0 aromatic heterocycles. The number of halogens is 1. The van der Waals surface area contributed by atoms with E-state index in [0.29, 0.717) is 28.4 Å². The van der Waals surface area contributed by atoms with Crippen LogP contribution in [0.15, 0.2) is 48.5 Å². The first kappa shape index (κ1) is 19.5. The molecule has 0 heterocycles. The van der Waals surface area contributed by atoms with Gasteiger partial charge in [-0.1, -0.05) is 18.5 Å². The molecule has 0 saturated heterocycles. The maximum absolute atomic E-state index is 12.4. The highest BCUT2D eigenvalue weighted by Crippen LogP contribution is 2.17. The van der Waals surface area contributed by atoms with Crippen molar-refractivity contribution in [2.45, 2.75) is 13.3 Å². The lowest BCUT2D eigenvalue weighted by Gasteiger charge is -2.08. The van der Waals surface area contributed by atoms with Crippen LogP contribution in [0.1, 0.15) is 29.3 Å². The van der Waals surface area contributed by atoms with Crippen LogP contribution in [0.5, 0.6) is 5.75 Å². The van der Waals surface area contributed by atoms with Crippen LogP contribution in [-0.4, -0.2) is 30.9 Å². The molecule has 2 aromatic rings. The Labute approximate surface area is 156 Å². The number of ketones is 1. The summed E-state index contributed by atoms with van der Waals surface area (Å²) >= 11 is 5.81. The maximum Gasteiger partial charge on any atom is 0.321 e. The van der Waals surface area contributed by atoms with E-state index in [1.165, 1.54) is 0 Å². The van der Waals surface area contributed by atoms with Gasteiger partial charge in [-0.25, -0.2) is 4.79 Å². The monoisotopic (exact) mass is 374 g/mol. The van der Waals surface area contributed by atoms with E-state index in [9.17, 15) is 14.4 Å². The van der Waals surface area contributed by atoms with Crippen LogP contribution >= 0.6 is 11.6 Å². The van der Waals surface area contributed by atoms with E-state index in [-0.39, 0.29) is 12.4 Å². The van der Waals surface area contributed by atoms with E-state index < -0.39 is 11.9 Å². The number of ether oxygens (including phenoxy) is 1. The molecule has 0 atom stereocenters. The highest BCUT2D eigenvalue weighted by molar-refractivity contribution is 6.30. The highest BCUT2D eigenvalue weighted by Gasteiger charge is 2.10. The molecule has 2 rings (SSSR count). The topological polar surface area (TPSA) is 84.5 Å². The van der Waals surface area contributed by atoms with E-state index in [1.807, 2.05) is 6.92 Å². The van der Waals surface area contributed by atoms with E-state index in [2.05, 4.69) is 10.6 Å². The standard InChI is InChI=1S/C19H19ClN2O4/c1-2-11-21-19(25)22-17(23)12-26-16-9-5-14(6-10-16)18(24)13-3-7-15(20)8-4-13/h3-10H,2,11-12H2,1H3,(H2,21,22,23,25). The minimum absolute atomic E-state index is 0.140. The zero-order chi connectivity index (χ0) is 18.9. The Hall–Kier alpha value is -2.86. The normalized spacial score (nSPS) is 10.1. The van der Waals surface area contributed by atoms with Crippen molar-refractivity contribution in [2.75, 3.05) is 13.2 Å². The second-order valence-electron chi connectivity index (χ2n) is 5.45. The van der Waals surface area contributed by atoms with Gasteiger partial charge in [0.25, 0.3) is 5.91 Å². The Bertz CT molecular complexity index is 773. The van der Waals surface area contributed by atoms with Gasteiger partial charge < -0.3 is 10.1 Å². The van der Waals surface area contributed by atoms with E-state index >= 15 is 0 Å². The molecule has 0 aliphatic rings. The third-order valence-electron chi connectivity index (χ3n) is 3.38. The van der Waals surface area contributed by atoms with E-state index in [4.69, 9.17) is 16.3 Å². The molecule has 0 spiro atoms. The average Bonchev–Trinajstić information content (AvgIpc) is 2.65. The van der Waals surface area contributed by atoms with Crippen molar-refractivity contribution < 1.29 is 19.1 Å². The number of imide groups is 1. The summed E-state index contributed by atoms with van der Waals surface area (Å²) in [6.07, 6.45) is 0.777. The summed E-state index contributed by atoms with van der Waals surface area (Å²) in [4.78, 5) is 35.3. The van der Waals surface area contributed by atoms with Crippen LogP contribution in [0.4, 0.5) is 4.79 Å². The molecule has 2 N–H and O–H groups in total. The molecule has 0 aliphatic heterocycles. The number of benzene rings is 2. The molecule has 0 radical (unpaired) electrons. The van der Waals surface area contributed by atoms with Gasteiger partial charge in [-0.15, -0.1) is 0 Å². The fourth-order valence-corrected chi connectivity index (χ4v) is 2.19. The van der Waals surface area contributed by atoms with Crippen LogP contribution < -0.4 is 15.4 Å². The Kier molecular flexibility index (Phi) is 7.17. The molecule has 0 fully saturated rings. The van der Waals surface area contributed by atoms with Gasteiger partial charge >= 0.3 is 6.03 Å². The average molecular weight is 375 g/mol. The van der Waals surface area contributed by atoms with Crippen molar-refractivity contribution in [1.29, 1.82) is 0 Å². The van der Waals surface area contributed by atoms with Gasteiger partial charge in [-0.3, -0.25) is 14.9 Å². The summed E-state index contributed by atoms with van der Waals surface area (Å²) in [5.41, 5.74) is 1.02. The van der Waals surface area contributed by atoms with Crippen LogP contribution in [0, 0.1) is 0 Å². The molecule has 0 bridgehead atoms. The van der Waals surface area contributed by atoms with Crippen molar-refractivity contribution in [1.82, 2.24) is 10.6 Å². The number of carbonyl (C=O) groups excluding carboxylic acids is 3. The van der Waals surface area contributed by atoms with Crippen molar-refractivity contribution >= 4 is 29.3 Å². The zero-order valence-corrected chi connectivity index (χ0v) is 15.0. The Balaban J connectivity index is 1.87. The Morgan fingerprint density at radius 3 is 2.12 bits per heavy atom. The van der Waals surface area contributed by atoms with E-state index in [1.54, 1.807) is 48.5 Å². The summed E-state index contributed by atoms with van der Waals surface area (Å²) in [5, 5.41) is 5.25. The maximum atomic E-state index is 12.4. The first-order valence-corrected chi connectivity index (χ1v) is 8.48.